The number of anilines is 1. The maximum absolute atomic E-state index is 11.5. The second kappa shape index (κ2) is 3.83. The van der Waals surface area contributed by atoms with Gasteiger partial charge in [0.15, 0.2) is 0 Å². The van der Waals surface area contributed by atoms with E-state index in [2.05, 4.69) is 15.9 Å². The van der Waals surface area contributed by atoms with E-state index in [0.717, 1.165) is 4.90 Å². The average Bonchev–Trinajstić information content (AvgIpc) is 2.09. The van der Waals surface area contributed by atoms with E-state index >= 15 is 0 Å². The maximum atomic E-state index is 11.5. The van der Waals surface area contributed by atoms with Crippen molar-refractivity contribution < 1.29 is 9.90 Å². The lowest BCUT2D eigenvalue weighted by Gasteiger charge is -2.13. The van der Waals surface area contributed by atoms with Gasteiger partial charge in [-0.1, -0.05) is 0 Å². The van der Waals surface area contributed by atoms with Crippen molar-refractivity contribution in [2.24, 2.45) is 7.05 Å². The van der Waals surface area contributed by atoms with Gasteiger partial charge in [0.1, 0.15) is 5.69 Å². The zero-order chi connectivity index (χ0) is 10.9. The first-order chi connectivity index (χ1) is 6.43. The van der Waals surface area contributed by atoms with Crippen molar-refractivity contribution in [1.29, 1.82) is 0 Å². The van der Waals surface area contributed by atoms with Gasteiger partial charge in [-0.05, 0) is 22.0 Å². The van der Waals surface area contributed by atoms with Crippen LogP contribution in [0.1, 0.15) is 0 Å². The summed E-state index contributed by atoms with van der Waals surface area (Å²) in [5.41, 5.74) is -0.229. The molecule has 1 rings (SSSR count). The molecule has 0 radical (unpaired) electrons. The SMILES string of the molecule is CN(C(=O)O)c1cc(Br)cn(C)c1=O. The third kappa shape index (κ3) is 1.95. The molecule has 0 spiro atoms. The fraction of sp³-hybridized carbons (Fsp3) is 0.250. The second-order valence-electron chi connectivity index (χ2n) is 2.80. The van der Waals surface area contributed by atoms with Crippen LogP contribution in [0.5, 0.6) is 0 Å². The van der Waals surface area contributed by atoms with Crippen LogP contribution < -0.4 is 10.5 Å². The molecular weight excluding hydrogens is 252 g/mol. The van der Waals surface area contributed by atoms with E-state index in [1.807, 2.05) is 0 Å². The van der Waals surface area contributed by atoms with Gasteiger partial charge in [-0.15, -0.1) is 0 Å². The van der Waals surface area contributed by atoms with Gasteiger partial charge in [0, 0.05) is 24.8 Å². The fourth-order valence-electron chi connectivity index (χ4n) is 0.997. The third-order valence-electron chi connectivity index (χ3n) is 1.78. The van der Waals surface area contributed by atoms with Gasteiger partial charge in [0.05, 0.1) is 0 Å². The van der Waals surface area contributed by atoms with Gasteiger partial charge in [-0.25, -0.2) is 4.79 Å². The minimum absolute atomic E-state index is 0.120. The summed E-state index contributed by atoms with van der Waals surface area (Å²) in [6.45, 7) is 0. The van der Waals surface area contributed by atoms with Crippen molar-refractivity contribution in [2.45, 2.75) is 0 Å². The molecule has 76 valence electrons. The number of hydrogen-bond acceptors (Lipinski definition) is 2. The Bertz CT molecular complexity index is 427. The number of aryl methyl sites for hydroxylation is 1. The van der Waals surface area contributed by atoms with E-state index in [4.69, 9.17) is 5.11 Å². The van der Waals surface area contributed by atoms with Gasteiger partial charge in [0.25, 0.3) is 5.56 Å². The van der Waals surface area contributed by atoms with Crippen molar-refractivity contribution in [3.63, 3.8) is 0 Å². The molecule has 0 aliphatic carbocycles. The van der Waals surface area contributed by atoms with E-state index in [0.29, 0.717) is 4.47 Å². The monoisotopic (exact) mass is 260 g/mol. The molecule has 0 aliphatic rings. The minimum Gasteiger partial charge on any atom is -0.465 e. The lowest BCUT2D eigenvalue weighted by molar-refractivity contribution is 0.203. The quantitative estimate of drug-likeness (QED) is 0.827. The molecule has 1 aromatic heterocycles. The average molecular weight is 261 g/mol. The molecule has 1 aromatic rings. The van der Waals surface area contributed by atoms with Crippen LogP contribution in [0, 0.1) is 0 Å². The van der Waals surface area contributed by atoms with Crippen LogP contribution in [0.25, 0.3) is 0 Å². The molecule has 0 aliphatic heterocycles. The molecule has 1 amide bonds. The van der Waals surface area contributed by atoms with Crippen LogP contribution in [-0.2, 0) is 7.05 Å². The Labute approximate surface area is 88.7 Å². The van der Waals surface area contributed by atoms with E-state index in [-0.39, 0.29) is 11.2 Å². The molecule has 1 heterocycles. The highest BCUT2D eigenvalue weighted by Gasteiger charge is 2.13. The van der Waals surface area contributed by atoms with Crippen molar-refractivity contribution in [3.8, 4) is 0 Å². The van der Waals surface area contributed by atoms with Crippen LogP contribution in [0.15, 0.2) is 21.5 Å². The number of carboxylic acid groups (broad SMARTS) is 1. The molecular formula is C8H9BrN2O3. The van der Waals surface area contributed by atoms with Crippen molar-refractivity contribution in [3.05, 3.63) is 27.1 Å². The lowest BCUT2D eigenvalue weighted by atomic mass is 10.4. The largest absolute Gasteiger partial charge is 0.465 e. The Hall–Kier alpha value is -1.30. The molecule has 0 saturated heterocycles. The van der Waals surface area contributed by atoms with Crippen LogP contribution in [-0.4, -0.2) is 22.8 Å². The van der Waals surface area contributed by atoms with Crippen LogP contribution >= 0.6 is 15.9 Å². The summed E-state index contributed by atoms with van der Waals surface area (Å²) in [5.74, 6) is 0. The van der Waals surface area contributed by atoms with E-state index in [9.17, 15) is 9.59 Å². The van der Waals surface area contributed by atoms with Gasteiger partial charge in [-0.3, -0.25) is 9.69 Å². The summed E-state index contributed by atoms with van der Waals surface area (Å²) >= 11 is 3.19. The Morgan fingerprint density at radius 3 is 2.71 bits per heavy atom. The molecule has 0 atom stereocenters. The first kappa shape index (κ1) is 10.8. The van der Waals surface area contributed by atoms with E-state index in [1.165, 1.54) is 17.7 Å². The van der Waals surface area contributed by atoms with Gasteiger partial charge >= 0.3 is 6.09 Å². The summed E-state index contributed by atoms with van der Waals surface area (Å²) in [6.07, 6.45) is 0.404. The smallest absolute Gasteiger partial charge is 0.411 e. The van der Waals surface area contributed by atoms with Gasteiger partial charge < -0.3 is 9.67 Å². The summed E-state index contributed by atoms with van der Waals surface area (Å²) < 4.78 is 1.97. The standard InChI is InChI=1S/C8H9BrN2O3/c1-10-4-5(9)3-6(7(10)12)11(2)8(13)14/h3-4H,1-2H3,(H,13,14). The van der Waals surface area contributed by atoms with Crippen molar-refractivity contribution in [1.82, 2.24) is 4.57 Å². The molecule has 5 nitrogen and oxygen atoms in total. The first-order valence-electron chi connectivity index (χ1n) is 3.76. The predicted octanol–water partition coefficient (Wildman–Crippen LogP) is 1.26. The molecule has 6 heteroatoms. The summed E-state index contributed by atoms with van der Waals surface area (Å²) in [6, 6.07) is 1.47. The Morgan fingerprint density at radius 1 is 1.64 bits per heavy atom. The second-order valence-corrected chi connectivity index (χ2v) is 3.72. The Balaban J connectivity index is 3.34. The van der Waals surface area contributed by atoms with Crippen molar-refractivity contribution in [2.75, 3.05) is 11.9 Å². The lowest BCUT2D eigenvalue weighted by Crippen LogP contribution is -2.31. The van der Waals surface area contributed by atoms with Gasteiger partial charge in [-0.2, -0.15) is 0 Å². The summed E-state index contributed by atoms with van der Waals surface area (Å²) in [4.78, 5) is 23.0. The van der Waals surface area contributed by atoms with Crippen molar-refractivity contribution >= 4 is 27.7 Å². The number of rotatable bonds is 1. The maximum Gasteiger partial charge on any atom is 0.411 e. The molecule has 0 unspecified atom stereocenters. The highest BCUT2D eigenvalue weighted by Crippen LogP contribution is 2.14. The van der Waals surface area contributed by atoms with Crippen LogP contribution in [0.3, 0.4) is 0 Å². The van der Waals surface area contributed by atoms with Crippen LogP contribution in [0.4, 0.5) is 10.5 Å². The summed E-state index contributed by atoms with van der Waals surface area (Å²) in [7, 11) is 2.89. The summed E-state index contributed by atoms with van der Waals surface area (Å²) in [5, 5.41) is 8.70. The number of halogens is 1. The molecule has 0 fully saturated rings. The number of nitrogens with zero attached hydrogens (tertiary/aromatic N) is 2. The number of carbonyl (C=O) groups is 1. The minimum atomic E-state index is -1.17. The molecule has 14 heavy (non-hydrogen) atoms. The number of amides is 1. The molecule has 0 bridgehead atoms. The molecule has 1 N–H and O–H groups in total. The third-order valence-corrected chi connectivity index (χ3v) is 2.21. The van der Waals surface area contributed by atoms with Crippen LogP contribution in [0.2, 0.25) is 0 Å². The topological polar surface area (TPSA) is 62.5 Å². The first-order valence-corrected chi connectivity index (χ1v) is 4.55. The number of hydrogen-bond donors (Lipinski definition) is 1. The Morgan fingerprint density at radius 2 is 2.21 bits per heavy atom. The van der Waals surface area contributed by atoms with E-state index in [1.54, 1.807) is 13.2 Å². The normalized spacial score (nSPS) is 9.93. The van der Waals surface area contributed by atoms with Gasteiger partial charge in [0.2, 0.25) is 0 Å². The molecule has 0 aromatic carbocycles. The highest BCUT2D eigenvalue weighted by atomic mass is 79.9. The zero-order valence-corrected chi connectivity index (χ0v) is 9.28. The predicted molar refractivity (Wildman–Crippen MR) is 55.8 cm³/mol. The van der Waals surface area contributed by atoms with E-state index < -0.39 is 6.09 Å². The number of aromatic nitrogens is 1. The zero-order valence-electron chi connectivity index (χ0n) is 7.69. The highest BCUT2D eigenvalue weighted by molar-refractivity contribution is 9.10. The number of pyridine rings is 1. The molecule has 0 saturated carbocycles. The fourth-order valence-corrected chi connectivity index (χ4v) is 1.52. The Kier molecular flexibility index (Phi) is 2.95.